The molecular formula is C16H19NO3. The minimum atomic E-state index is -0.824. The SMILES string of the molecule is Cc1cccc(C=CC(=O)NC2CCCC2C(=O)O)c1. The van der Waals surface area contributed by atoms with Gasteiger partial charge in [-0.2, -0.15) is 0 Å². The first-order valence-electron chi connectivity index (χ1n) is 6.84. The summed E-state index contributed by atoms with van der Waals surface area (Å²) in [5.41, 5.74) is 2.09. The topological polar surface area (TPSA) is 66.4 Å². The monoisotopic (exact) mass is 273 g/mol. The molecule has 4 heteroatoms. The molecule has 1 fully saturated rings. The van der Waals surface area contributed by atoms with Crippen LogP contribution in [0.2, 0.25) is 0 Å². The average Bonchev–Trinajstić information content (AvgIpc) is 2.85. The Labute approximate surface area is 118 Å². The van der Waals surface area contributed by atoms with Crippen LogP contribution in [-0.4, -0.2) is 23.0 Å². The number of amides is 1. The van der Waals surface area contributed by atoms with Gasteiger partial charge in [-0.15, -0.1) is 0 Å². The van der Waals surface area contributed by atoms with Crippen LogP contribution in [0, 0.1) is 12.8 Å². The van der Waals surface area contributed by atoms with Crippen LogP contribution in [0.3, 0.4) is 0 Å². The van der Waals surface area contributed by atoms with Gasteiger partial charge in [0.25, 0.3) is 0 Å². The van der Waals surface area contributed by atoms with Crippen LogP contribution in [0.1, 0.15) is 30.4 Å². The van der Waals surface area contributed by atoms with Crippen molar-refractivity contribution < 1.29 is 14.7 Å². The molecule has 0 heterocycles. The van der Waals surface area contributed by atoms with Crippen LogP contribution in [0.15, 0.2) is 30.3 Å². The number of rotatable bonds is 4. The molecule has 20 heavy (non-hydrogen) atoms. The lowest BCUT2D eigenvalue weighted by molar-refractivity contribution is -0.142. The minimum absolute atomic E-state index is 0.232. The maximum atomic E-state index is 11.8. The van der Waals surface area contributed by atoms with Gasteiger partial charge in [-0.25, -0.2) is 0 Å². The van der Waals surface area contributed by atoms with Crippen LogP contribution < -0.4 is 5.32 Å². The standard InChI is InChI=1S/C16H19NO3/c1-11-4-2-5-12(10-11)8-9-15(18)17-14-7-3-6-13(14)16(19)20/h2,4-5,8-10,13-14H,3,6-7H2,1H3,(H,17,18)(H,19,20). The molecule has 0 saturated heterocycles. The second-order valence-electron chi connectivity index (χ2n) is 5.24. The van der Waals surface area contributed by atoms with Crippen LogP contribution in [0.5, 0.6) is 0 Å². The Morgan fingerprint density at radius 3 is 2.85 bits per heavy atom. The first-order chi connectivity index (χ1) is 9.56. The van der Waals surface area contributed by atoms with Gasteiger partial charge < -0.3 is 10.4 Å². The zero-order valence-electron chi connectivity index (χ0n) is 11.5. The van der Waals surface area contributed by atoms with Crippen molar-refractivity contribution in [1.82, 2.24) is 5.32 Å². The second kappa shape index (κ2) is 6.37. The van der Waals surface area contributed by atoms with Gasteiger partial charge in [-0.1, -0.05) is 36.2 Å². The van der Waals surface area contributed by atoms with E-state index >= 15 is 0 Å². The largest absolute Gasteiger partial charge is 0.481 e. The molecule has 1 aliphatic rings. The first kappa shape index (κ1) is 14.3. The maximum absolute atomic E-state index is 11.8. The van der Waals surface area contributed by atoms with Crippen molar-refractivity contribution in [2.24, 2.45) is 5.92 Å². The summed E-state index contributed by atoms with van der Waals surface area (Å²) in [6, 6.07) is 7.59. The summed E-state index contributed by atoms with van der Waals surface area (Å²) >= 11 is 0. The number of carbonyl (C=O) groups excluding carboxylic acids is 1. The highest BCUT2D eigenvalue weighted by atomic mass is 16.4. The lowest BCUT2D eigenvalue weighted by atomic mass is 10.0. The van der Waals surface area contributed by atoms with Gasteiger partial charge in [0, 0.05) is 12.1 Å². The fourth-order valence-electron chi connectivity index (χ4n) is 2.60. The molecule has 1 aliphatic carbocycles. The molecule has 1 aromatic carbocycles. The number of carbonyl (C=O) groups is 2. The van der Waals surface area contributed by atoms with E-state index in [2.05, 4.69) is 5.32 Å². The molecule has 2 unspecified atom stereocenters. The molecule has 2 rings (SSSR count). The molecule has 106 valence electrons. The molecule has 1 aromatic rings. The summed E-state index contributed by atoms with van der Waals surface area (Å²) in [5.74, 6) is -1.51. The highest BCUT2D eigenvalue weighted by Gasteiger charge is 2.33. The number of nitrogens with one attached hydrogen (secondary N) is 1. The number of aliphatic carboxylic acids is 1. The molecule has 0 aliphatic heterocycles. The number of benzene rings is 1. The van der Waals surface area contributed by atoms with Crippen molar-refractivity contribution in [2.45, 2.75) is 32.2 Å². The first-order valence-corrected chi connectivity index (χ1v) is 6.84. The summed E-state index contributed by atoms with van der Waals surface area (Å²) in [6.07, 6.45) is 5.44. The van der Waals surface area contributed by atoms with E-state index in [1.165, 1.54) is 6.08 Å². The second-order valence-corrected chi connectivity index (χ2v) is 5.24. The smallest absolute Gasteiger partial charge is 0.308 e. The summed E-state index contributed by atoms with van der Waals surface area (Å²) in [7, 11) is 0. The molecule has 1 saturated carbocycles. The normalized spacial score (nSPS) is 22.1. The van der Waals surface area contributed by atoms with Crippen molar-refractivity contribution >= 4 is 18.0 Å². The van der Waals surface area contributed by atoms with Crippen LogP contribution in [0.4, 0.5) is 0 Å². The molecular weight excluding hydrogens is 254 g/mol. The third-order valence-corrected chi connectivity index (χ3v) is 3.63. The molecule has 2 N–H and O–H groups in total. The van der Waals surface area contributed by atoms with Gasteiger partial charge >= 0.3 is 5.97 Å². The minimum Gasteiger partial charge on any atom is -0.481 e. The number of carboxylic acids is 1. The van der Waals surface area contributed by atoms with Crippen molar-refractivity contribution in [3.8, 4) is 0 Å². The number of aryl methyl sites for hydroxylation is 1. The Bertz CT molecular complexity index is 536. The quantitative estimate of drug-likeness (QED) is 0.828. The third kappa shape index (κ3) is 3.70. The van der Waals surface area contributed by atoms with Crippen molar-refractivity contribution in [3.05, 3.63) is 41.5 Å². The highest BCUT2D eigenvalue weighted by Crippen LogP contribution is 2.25. The van der Waals surface area contributed by atoms with E-state index in [0.29, 0.717) is 6.42 Å². The molecule has 4 nitrogen and oxygen atoms in total. The Hall–Kier alpha value is -2.10. The molecule has 1 amide bonds. The van der Waals surface area contributed by atoms with Gasteiger partial charge in [-0.3, -0.25) is 9.59 Å². The van der Waals surface area contributed by atoms with Crippen LogP contribution >= 0.6 is 0 Å². The van der Waals surface area contributed by atoms with Crippen LogP contribution in [-0.2, 0) is 9.59 Å². The molecule has 0 aromatic heterocycles. The Morgan fingerprint density at radius 1 is 1.35 bits per heavy atom. The summed E-state index contributed by atoms with van der Waals surface area (Å²) < 4.78 is 0. The van der Waals surface area contributed by atoms with Gasteiger partial charge in [0.2, 0.25) is 5.91 Å². The van der Waals surface area contributed by atoms with Gasteiger partial charge in [-0.05, 0) is 31.4 Å². The molecule has 0 spiro atoms. The predicted octanol–water partition coefficient (Wildman–Crippen LogP) is 2.38. The third-order valence-electron chi connectivity index (χ3n) is 3.63. The number of carboxylic acid groups (broad SMARTS) is 1. The fourth-order valence-corrected chi connectivity index (χ4v) is 2.60. The molecule has 0 radical (unpaired) electrons. The van der Waals surface area contributed by atoms with E-state index in [0.717, 1.165) is 24.0 Å². The predicted molar refractivity (Wildman–Crippen MR) is 77.1 cm³/mol. The maximum Gasteiger partial charge on any atom is 0.308 e. The lowest BCUT2D eigenvalue weighted by Gasteiger charge is -2.16. The summed E-state index contributed by atoms with van der Waals surface area (Å²) in [6.45, 7) is 1.99. The van der Waals surface area contributed by atoms with Crippen LogP contribution in [0.25, 0.3) is 6.08 Å². The van der Waals surface area contributed by atoms with Gasteiger partial charge in [0.05, 0.1) is 5.92 Å². The highest BCUT2D eigenvalue weighted by molar-refractivity contribution is 5.92. The Kier molecular flexibility index (Phi) is 4.56. The van der Waals surface area contributed by atoms with E-state index in [1.807, 2.05) is 31.2 Å². The lowest BCUT2D eigenvalue weighted by Crippen LogP contribution is -2.39. The van der Waals surface area contributed by atoms with E-state index in [4.69, 9.17) is 5.11 Å². The van der Waals surface area contributed by atoms with Crippen molar-refractivity contribution in [1.29, 1.82) is 0 Å². The Balaban J connectivity index is 1.94. The van der Waals surface area contributed by atoms with Crippen molar-refractivity contribution in [2.75, 3.05) is 0 Å². The van der Waals surface area contributed by atoms with E-state index in [-0.39, 0.29) is 11.9 Å². The van der Waals surface area contributed by atoms with E-state index in [1.54, 1.807) is 6.08 Å². The number of hydrogen-bond acceptors (Lipinski definition) is 2. The summed E-state index contributed by atoms with van der Waals surface area (Å²) in [5, 5.41) is 11.9. The van der Waals surface area contributed by atoms with Gasteiger partial charge in [0.1, 0.15) is 0 Å². The summed E-state index contributed by atoms with van der Waals surface area (Å²) in [4.78, 5) is 22.9. The molecule has 0 bridgehead atoms. The number of hydrogen-bond donors (Lipinski definition) is 2. The van der Waals surface area contributed by atoms with Crippen molar-refractivity contribution in [3.63, 3.8) is 0 Å². The molecule has 2 atom stereocenters. The average molecular weight is 273 g/mol. The zero-order valence-corrected chi connectivity index (χ0v) is 11.5. The van der Waals surface area contributed by atoms with Gasteiger partial charge in [0.15, 0.2) is 0 Å². The zero-order chi connectivity index (χ0) is 14.5. The van der Waals surface area contributed by atoms with E-state index < -0.39 is 11.9 Å². The fraction of sp³-hybridized carbons (Fsp3) is 0.375. The van der Waals surface area contributed by atoms with E-state index in [9.17, 15) is 9.59 Å². The Morgan fingerprint density at radius 2 is 2.15 bits per heavy atom.